The van der Waals surface area contributed by atoms with Crippen LogP contribution in [-0.4, -0.2) is 47.4 Å². The van der Waals surface area contributed by atoms with Crippen molar-refractivity contribution in [2.75, 3.05) is 13.2 Å². The van der Waals surface area contributed by atoms with Gasteiger partial charge in [-0.1, -0.05) is 212 Å². The van der Waals surface area contributed by atoms with Gasteiger partial charge in [-0.3, -0.25) is 9.59 Å². The van der Waals surface area contributed by atoms with Crippen LogP contribution in [0.2, 0.25) is 0 Å². The van der Waals surface area contributed by atoms with Crippen LogP contribution in [0.25, 0.3) is 0 Å². The van der Waals surface area contributed by atoms with Crippen molar-refractivity contribution in [3.05, 3.63) is 12.2 Å². The summed E-state index contributed by atoms with van der Waals surface area (Å²) in [5.41, 5.74) is 0. The zero-order chi connectivity index (χ0) is 38.0. The first-order valence-corrected chi connectivity index (χ1v) is 23.0. The second-order valence-electron chi connectivity index (χ2n) is 15.7. The van der Waals surface area contributed by atoms with Gasteiger partial charge in [0.15, 0.2) is 0 Å². The monoisotopic (exact) mass is 736 g/mol. The number of carbonyl (C=O) groups is 2. The van der Waals surface area contributed by atoms with Crippen LogP contribution in [0.5, 0.6) is 0 Å². The first-order valence-electron chi connectivity index (χ1n) is 23.0. The lowest BCUT2D eigenvalue weighted by Gasteiger charge is -2.20. The van der Waals surface area contributed by atoms with E-state index in [0.29, 0.717) is 19.4 Å². The Bertz CT molecular complexity index is 772. The highest BCUT2D eigenvalue weighted by molar-refractivity contribution is 5.76. The zero-order valence-electron chi connectivity index (χ0n) is 34.8. The van der Waals surface area contributed by atoms with Crippen molar-refractivity contribution in [1.29, 1.82) is 0 Å². The SMILES string of the molecule is CCCCCCCCCC/C=C/C(O)C(CO)NC(=O)CCCCCCCCCCCCCCOC(=O)CCCCCCCCCCCCCCC. The maximum atomic E-state index is 12.3. The molecule has 6 heteroatoms. The molecule has 0 radical (unpaired) electrons. The number of carbonyl (C=O) groups excluding carboxylic acids is 2. The number of hydrogen-bond acceptors (Lipinski definition) is 5. The number of hydrogen-bond donors (Lipinski definition) is 3. The van der Waals surface area contributed by atoms with Crippen molar-refractivity contribution in [3.8, 4) is 0 Å². The molecule has 0 spiro atoms. The van der Waals surface area contributed by atoms with Crippen LogP contribution in [0.4, 0.5) is 0 Å². The van der Waals surface area contributed by atoms with Crippen LogP contribution in [0.1, 0.15) is 245 Å². The summed E-state index contributed by atoms with van der Waals surface area (Å²) in [4.78, 5) is 24.3. The Hall–Kier alpha value is -1.40. The molecular formula is C46H89NO5. The molecule has 0 aliphatic carbocycles. The number of aliphatic hydroxyl groups is 2. The van der Waals surface area contributed by atoms with Gasteiger partial charge >= 0.3 is 5.97 Å². The van der Waals surface area contributed by atoms with Gasteiger partial charge in [-0.25, -0.2) is 0 Å². The molecule has 0 saturated carbocycles. The fourth-order valence-electron chi connectivity index (χ4n) is 6.98. The molecule has 0 fully saturated rings. The van der Waals surface area contributed by atoms with Gasteiger partial charge in [0.25, 0.3) is 0 Å². The third kappa shape index (κ3) is 38.3. The van der Waals surface area contributed by atoms with E-state index in [2.05, 4.69) is 19.2 Å². The van der Waals surface area contributed by atoms with E-state index in [1.165, 1.54) is 161 Å². The third-order valence-corrected chi connectivity index (χ3v) is 10.6. The number of esters is 1. The van der Waals surface area contributed by atoms with E-state index in [9.17, 15) is 19.8 Å². The molecule has 3 N–H and O–H groups in total. The van der Waals surface area contributed by atoms with Gasteiger partial charge in [-0.05, 0) is 32.1 Å². The summed E-state index contributed by atoms with van der Waals surface area (Å²) in [6.07, 6.45) is 46.2. The minimum absolute atomic E-state index is 0.0100. The highest BCUT2D eigenvalue weighted by Crippen LogP contribution is 2.15. The molecule has 0 heterocycles. The number of allylic oxidation sites excluding steroid dienone is 1. The Morgan fingerprint density at radius 1 is 0.519 bits per heavy atom. The second kappa shape index (κ2) is 42.3. The number of ether oxygens (including phenoxy) is 1. The van der Waals surface area contributed by atoms with Crippen LogP contribution in [-0.2, 0) is 14.3 Å². The molecule has 2 atom stereocenters. The fraction of sp³-hybridized carbons (Fsp3) is 0.913. The van der Waals surface area contributed by atoms with Gasteiger partial charge < -0.3 is 20.3 Å². The fourth-order valence-corrected chi connectivity index (χ4v) is 6.98. The molecule has 308 valence electrons. The van der Waals surface area contributed by atoms with E-state index in [0.717, 1.165) is 57.8 Å². The quantitative estimate of drug-likeness (QED) is 0.0329. The topological polar surface area (TPSA) is 95.9 Å². The van der Waals surface area contributed by atoms with Crippen LogP contribution in [0.15, 0.2) is 12.2 Å². The maximum absolute atomic E-state index is 12.3. The highest BCUT2D eigenvalue weighted by atomic mass is 16.5. The number of rotatable bonds is 42. The predicted octanol–water partition coefficient (Wildman–Crippen LogP) is 13.0. The lowest BCUT2D eigenvalue weighted by molar-refractivity contribution is -0.143. The molecule has 0 aliphatic heterocycles. The average Bonchev–Trinajstić information content (AvgIpc) is 3.14. The van der Waals surface area contributed by atoms with Crippen LogP contribution >= 0.6 is 0 Å². The summed E-state index contributed by atoms with van der Waals surface area (Å²) in [6.45, 7) is 4.84. The molecule has 0 aromatic heterocycles. The normalized spacial score (nSPS) is 12.8. The Balaban J connectivity index is 3.47. The van der Waals surface area contributed by atoms with E-state index in [4.69, 9.17) is 4.74 Å². The van der Waals surface area contributed by atoms with E-state index in [-0.39, 0.29) is 18.5 Å². The van der Waals surface area contributed by atoms with Gasteiger partial charge in [0.05, 0.1) is 25.4 Å². The Labute approximate surface area is 323 Å². The summed E-state index contributed by atoms with van der Waals surface area (Å²) in [5, 5.41) is 22.9. The number of aliphatic hydroxyl groups excluding tert-OH is 2. The maximum Gasteiger partial charge on any atom is 0.305 e. The van der Waals surface area contributed by atoms with Crippen molar-refractivity contribution in [2.45, 2.75) is 257 Å². The highest BCUT2D eigenvalue weighted by Gasteiger charge is 2.18. The lowest BCUT2D eigenvalue weighted by atomic mass is 10.0. The minimum Gasteiger partial charge on any atom is -0.466 e. The molecule has 0 aromatic carbocycles. The second-order valence-corrected chi connectivity index (χ2v) is 15.7. The Morgan fingerprint density at radius 2 is 0.885 bits per heavy atom. The molecule has 52 heavy (non-hydrogen) atoms. The van der Waals surface area contributed by atoms with E-state index < -0.39 is 12.1 Å². The Kier molecular flexibility index (Phi) is 41.2. The molecule has 0 saturated heterocycles. The minimum atomic E-state index is -0.851. The van der Waals surface area contributed by atoms with E-state index >= 15 is 0 Å². The molecule has 1 amide bonds. The molecule has 2 unspecified atom stereocenters. The zero-order valence-corrected chi connectivity index (χ0v) is 34.8. The van der Waals surface area contributed by atoms with E-state index in [1.807, 2.05) is 6.08 Å². The summed E-state index contributed by atoms with van der Waals surface area (Å²) < 4.78 is 5.44. The molecule has 0 bridgehead atoms. The standard InChI is InChI=1S/C46H89NO5/c1-3-5-7-9-11-13-15-16-20-24-28-32-36-40-46(51)52-41-37-33-29-25-21-18-17-19-23-27-31-35-39-45(50)47-43(42-48)44(49)38-34-30-26-22-14-12-10-8-6-4-2/h34,38,43-44,48-49H,3-33,35-37,39-42H2,1-2H3,(H,47,50)/b38-34+. The lowest BCUT2D eigenvalue weighted by Crippen LogP contribution is -2.45. The van der Waals surface area contributed by atoms with Crippen molar-refractivity contribution in [3.63, 3.8) is 0 Å². The first kappa shape index (κ1) is 50.6. The average molecular weight is 736 g/mol. The number of unbranched alkanes of at least 4 members (excludes halogenated alkanes) is 31. The number of nitrogens with one attached hydrogen (secondary N) is 1. The Morgan fingerprint density at radius 3 is 1.31 bits per heavy atom. The van der Waals surface area contributed by atoms with Gasteiger partial charge in [0, 0.05) is 12.8 Å². The van der Waals surface area contributed by atoms with Gasteiger partial charge in [0.2, 0.25) is 5.91 Å². The van der Waals surface area contributed by atoms with Crippen LogP contribution < -0.4 is 5.32 Å². The molecule has 0 aliphatic rings. The van der Waals surface area contributed by atoms with Crippen LogP contribution in [0, 0.1) is 0 Å². The predicted molar refractivity (Wildman–Crippen MR) is 223 cm³/mol. The van der Waals surface area contributed by atoms with E-state index in [1.54, 1.807) is 6.08 Å². The first-order chi connectivity index (χ1) is 25.5. The summed E-state index contributed by atoms with van der Waals surface area (Å²) >= 11 is 0. The van der Waals surface area contributed by atoms with Gasteiger partial charge in [-0.15, -0.1) is 0 Å². The van der Waals surface area contributed by atoms with Gasteiger partial charge in [-0.2, -0.15) is 0 Å². The van der Waals surface area contributed by atoms with Crippen LogP contribution in [0.3, 0.4) is 0 Å². The summed E-state index contributed by atoms with van der Waals surface area (Å²) in [6, 6.07) is -0.636. The molecule has 0 aromatic rings. The number of amides is 1. The van der Waals surface area contributed by atoms with Gasteiger partial charge in [0.1, 0.15) is 0 Å². The molecule has 6 nitrogen and oxygen atoms in total. The van der Waals surface area contributed by atoms with Crippen molar-refractivity contribution < 1.29 is 24.5 Å². The van der Waals surface area contributed by atoms with Crippen molar-refractivity contribution in [2.24, 2.45) is 0 Å². The third-order valence-electron chi connectivity index (χ3n) is 10.6. The van der Waals surface area contributed by atoms with Crippen molar-refractivity contribution in [1.82, 2.24) is 5.32 Å². The molecular weight excluding hydrogens is 647 g/mol. The summed E-state index contributed by atoms with van der Waals surface area (Å²) in [5.74, 6) is -0.0954. The molecule has 0 rings (SSSR count). The largest absolute Gasteiger partial charge is 0.466 e. The van der Waals surface area contributed by atoms with Crippen molar-refractivity contribution >= 4 is 11.9 Å². The summed E-state index contributed by atoms with van der Waals surface area (Å²) in [7, 11) is 0. The smallest absolute Gasteiger partial charge is 0.305 e.